The molecule has 0 fully saturated rings. The van der Waals surface area contributed by atoms with Crippen molar-refractivity contribution in [3.05, 3.63) is 48.2 Å². The van der Waals surface area contributed by atoms with E-state index in [1.807, 2.05) is 6.26 Å². The summed E-state index contributed by atoms with van der Waals surface area (Å²) in [6.45, 7) is 0.716. The zero-order chi connectivity index (χ0) is 16.9. The van der Waals surface area contributed by atoms with Crippen molar-refractivity contribution in [2.75, 3.05) is 28.6 Å². The predicted octanol–water partition coefficient (Wildman–Crippen LogP) is 2.94. The van der Waals surface area contributed by atoms with Crippen LogP contribution in [0.1, 0.15) is 0 Å². The van der Waals surface area contributed by atoms with E-state index in [0.29, 0.717) is 12.4 Å². The largest absolute Gasteiger partial charge is 0.369 e. The quantitative estimate of drug-likeness (QED) is 0.744. The van der Waals surface area contributed by atoms with Crippen LogP contribution in [0.3, 0.4) is 0 Å². The molecule has 0 amide bonds. The predicted molar refractivity (Wildman–Crippen MR) is 88.3 cm³/mol. The van der Waals surface area contributed by atoms with Gasteiger partial charge in [-0.2, -0.15) is 11.8 Å². The molecule has 2 rings (SSSR count). The second kappa shape index (κ2) is 7.60. The van der Waals surface area contributed by atoms with E-state index in [2.05, 4.69) is 15.0 Å². The molecule has 0 saturated heterocycles. The number of nitrogens with one attached hydrogen (secondary N) is 2. The summed E-state index contributed by atoms with van der Waals surface area (Å²) >= 11 is 1.68. The van der Waals surface area contributed by atoms with E-state index >= 15 is 0 Å². The molecule has 1 heterocycles. The molecule has 0 aliphatic heterocycles. The van der Waals surface area contributed by atoms with Crippen molar-refractivity contribution in [2.24, 2.45) is 0 Å². The first-order valence-electron chi connectivity index (χ1n) is 6.59. The summed E-state index contributed by atoms with van der Waals surface area (Å²) in [5, 5.41) is 3.05. The van der Waals surface area contributed by atoms with Crippen LogP contribution < -0.4 is 10.0 Å². The smallest absolute Gasteiger partial charge is 0.263 e. The number of hydrogen-bond acceptors (Lipinski definition) is 5. The van der Waals surface area contributed by atoms with Gasteiger partial charge in [-0.1, -0.05) is 0 Å². The number of anilines is 2. The molecule has 23 heavy (non-hydrogen) atoms. The molecular formula is C14H15F2N3O2S2. The molecule has 1 aromatic carbocycles. The molecule has 124 valence electrons. The van der Waals surface area contributed by atoms with Crippen molar-refractivity contribution in [3.63, 3.8) is 0 Å². The van der Waals surface area contributed by atoms with Crippen LogP contribution in [0.4, 0.5) is 20.3 Å². The van der Waals surface area contributed by atoms with Gasteiger partial charge in [0, 0.05) is 24.6 Å². The lowest BCUT2D eigenvalue weighted by atomic mass is 10.3. The molecule has 2 aromatic rings. The zero-order valence-corrected chi connectivity index (χ0v) is 13.8. The average Bonchev–Trinajstić information content (AvgIpc) is 2.51. The highest BCUT2D eigenvalue weighted by Crippen LogP contribution is 2.18. The number of thioether (sulfide) groups is 1. The van der Waals surface area contributed by atoms with Crippen molar-refractivity contribution >= 4 is 33.3 Å². The Bertz CT molecular complexity index is 768. The van der Waals surface area contributed by atoms with Crippen molar-refractivity contribution in [3.8, 4) is 0 Å². The third-order valence-corrected chi connectivity index (χ3v) is 4.81. The monoisotopic (exact) mass is 359 g/mol. The molecule has 9 heteroatoms. The van der Waals surface area contributed by atoms with Crippen LogP contribution in [0.2, 0.25) is 0 Å². The summed E-state index contributed by atoms with van der Waals surface area (Å²) in [6, 6.07) is 5.70. The first-order valence-corrected chi connectivity index (χ1v) is 9.47. The lowest BCUT2D eigenvalue weighted by molar-refractivity contribution is 0.509. The summed E-state index contributed by atoms with van der Waals surface area (Å²) in [6.07, 6.45) is 3.18. The topological polar surface area (TPSA) is 71.1 Å². The fourth-order valence-electron chi connectivity index (χ4n) is 1.70. The molecular weight excluding hydrogens is 344 g/mol. The number of rotatable bonds is 7. The minimum atomic E-state index is -3.92. The maximum absolute atomic E-state index is 13.1. The van der Waals surface area contributed by atoms with Gasteiger partial charge >= 0.3 is 0 Å². The standard InChI is InChI=1S/C14H15F2N3O2S2/c1-22-7-6-17-14-5-3-11(9-18-14)23(20,21)19-10-2-4-12(15)13(16)8-10/h2-5,8-9,19H,6-7H2,1H3,(H,17,18). The Balaban J connectivity index is 2.11. The number of aromatic nitrogens is 1. The van der Waals surface area contributed by atoms with Crippen LogP contribution in [0.25, 0.3) is 0 Å². The molecule has 0 bridgehead atoms. The van der Waals surface area contributed by atoms with Gasteiger partial charge in [0.15, 0.2) is 11.6 Å². The Kier molecular flexibility index (Phi) is 5.78. The molecule has 0 aliphatic rings. The summed E-state index contributed by atoms with van der Waals surface area (Å²) in [5.74, 6) is -0.711. The molecule has 1 aromatic heterocycles. The molecule has 0 aliphatic carbocycles. The number of pyridine rings is 1. The maximum atomic E-state index is 13.1. The number of sulfonamides is 1. The van der Waals surface area contributed by atoms with Gasteiger partial charge in [0.1, 0.15) is 10.7 Å². The average molecular weight is 359 g/mol. The third kappa shape index (κ3) is 4.80. The lowest BCUT2D eigenvalue weighted by Gasteiger charge is -2.09. The SMILES string of the molecule is CSCCNc1ccc(S(=O)(=O)Nc2ccc(F)c(F)c2)cn1. The normalized spacial score (nSPS) is 11.3. The van der Waals surface area contributed by atoms with Crippen LogP contribution in [-0.4, -0.2) is 32.0 Å². The fourth-order valence-corrected chi connectivity index (χ4v) is 3.00. The highest BCUT2D eigenvalue weighted by atomic mass is 32.2. The highest BCUT2D eigenvalue weighted by Gasteiger charge is 2.15. The number of nitrogens with zero attached hydrogens (tertiary/aromatic N) is 1. The number of halogens is 2. The van der Waals surface area contributed by atoms with Crippen LogP contribution in [-0.2, 0) is 10.0 Å². The minimum Gasteiger partial charge on any atom is -0.369 e. The van der Waals surface area contributed by atoms with E-state index < -0.39 is 21.7 Å². The van der Waals surface area contributed by atoms with Gasteiger partial charge in [0.05, 0.1) is 5.69 Å². The second-order valence-electron chi connectivity index (χ2n) is 4.53. The van der Waals surface area contributed by atoms with Gasteiger partial charge in [0.25, 0.3) is 10.0 Å². The molecule has 0 spiro atoms. The van der Waals surface area contributed by atoms with Crippen LogP contribution in [0.5, 0.6) is 0 Å². The highest BCUT2D eigenvalue weighted by molar-refractivity contribution is 7.98. The van der Waals surface area contributed by atoms with Crippen LogP contribution in [0, 0.1) is 11.6 Å². The van der Waals surface area contributed by atoms with Gasteiger partial charge in [-0.15, -0.1) is 0 Å². The molecule has 0 radical (unpaired) electrons. The third-order valence-electron chi connectivity index (χ3n) is 2.83. The Morgan fingerprint density at radius 2 is 1.96 bits per heavy atom. The fraction of sp³-hybridized carbons (Fsp3) is 0.214. The maximum Gasteiger partial charge on any atom is 0.263 e. The first-order chi connectivity index (χ1) is 10.9. The Morgan fingerprint density at radius 3 is 2.57 bits per heavy atom. The molecule has 0 unspecified atom stereocenters. The number of hydrogen-bond donors (Lipinski definition) is 2. The molecule has 0 atom stereocenters. The van der Waals surface area contributed by atoms with E-state index in [1.165, 1.54) is 12.3 Å². The van der Waals surface area contributed by atoms with E-state index in [-0.39, 0.29) is 10.6 Å². The van der Waals surface area contributed by atoms with Crippen molar-refractivity contribution < 1.29 is 17.2 Å². The van der Waals surface area contributed by atoms with Crippen molar-refractivity contribution in [2.45, 2.75) is 4.90 Å². The van der Waals surface area contributed by atoms with E-state index in [1.54, 1.807) is 17.8 Å². The summed E-state index contributed by atoms with van der Waals surface area (Å²) < 4.78 is 52.5. The van der Waals surface area contributed by atoms with Crippen molar-refractivity contribution in [1.82, 2.24) is 4.98 Å². The second-order valence-corrected chi connectivity index (χ2v) is 7.20. The van der Waals surface area contributed by atoms with Gasteiger partial charge in [-0.05, 0) is 30.5 Å². The number of benzene rings is 1. The van der Waals surface area contributed by atoms with Gasteiger partial charge in [-0.25, -0.2) is 22.2 Å². The lowest BCUT2D eigenvalue weighted by Crippen LogP contribution is -2.14. The van der Waals surface area contributed by atoms with Crippen molar-refractivity contribution in [1.29, 1.82) is 0 Å². The van der Waals surface area contributed by atoms with E-state index in [9.17, 15) is 17.2 Å². The molecule has 2 N–H and O–H groups in total. The van der Waals surface area contributed by atoms with Gasteiger partial charge < -0.3 is 5.32 Å². The first kappa shape index (κ1) is 17.5. The zero-order valence-electron chi connectivity index (χ0n) is 12.2. The Labute approximate surface area is 137 Å². The summed E-state index contributed by atoms with van der Waals surface area (Å²) in [7, 11) is -3.92. The summed E-state index contributed by atoms with van der Waals surface area (Å²) in [4.78, 5) is 3.94. The summed E-state index contributed by atoms with van der Waals surface area (Å²) in [5.41, 5.74) is -0.0638. The van der Waals surface area contributed by atoms with E-state index in [4.69, 9.17) is 0 Å². The molecule has 0 saturated carbocycles. The van der Waals surface area contributed by atoms with Crippen LogP contribution >= 0.6 is 11.8 Å². The van der Waals surface area contributed by atoms with Gasteiger partial charge in [0.2, 0.25) is 0 Å². The Hall–Kier alpha value is -1.87. The van der Waals surface area contributed by atoms with Gasteiger partial charge in [-0.3, -0.25) is 4.72 Å². The van der Waals surface area contributed by atoms with Crippen LogP contribution in [0.15, 0.2) is 41.4 Å². The Morgan fingerprint density at radius 1 is 1.17 bits per heavy atom. The molecule has 5 nitrogen and oxygen atoms in total. The minimum absolute atomic E-state index is 0.0638. The van der Waals surface area contributed by atoms with E-state index in [0.717, 1.165) is 24.0 Å².